The Hall–Kier alpha value is -1.47. The number of rotatable bonds is 6. The van der Waals surface area contributed by atoms with E-state index in [4.69, 9.17) is 4.74 Å². The molecule has 1 aromatic rings. The first-order valence-corrected chi connectivity index (χ1v) is 6.32. The van der Waals surface area contributed by atoms with Gasteiger partial charge in [-0.05, 0) is 34.1 Å². The summed E-state index contributed by atoms with van der Waals surface area (Å²) >= 11 is 3.09. The molecule has 1 aromatic carbocycles. The molecule has 0 aliphatic heterocycles. The highest BCUT2D eigenvalue weighted by atomic mass is 79.9. The van der Waals surface area contributed by atoms with E-state index in [0.29, 0.717) is 17.6 Å². The molecule has 2 N–H and O–H groups in total. The maximum absolute atomic E-state index is 12.9. The van der Waals surface area contributed by atoms with Crippen molar-refractivity contribution in [3.05, 3.63) is 34.1 Å². The first kappa shape index (κ1) is 15.6. The minimum Gasteiger partial charge on any atom is -0.383 e. The lowest BCUT2D eigenvalue weighted by Crippen LogP contribution is -2.38. The van der Waals surface area contributed by atoms with E-state index in [1.54, 1.807) is 0 Å². The van der Waals surface area contributed by atoms with Crippen molar-refractivity contribution in [2.75, 3.05) is 26.8 Å². The standard InChI is InChI=1S/C12H14BrFN2O3/c1-19-5-4-15-11(17)7-16-12(18)9-3-2-8(14)6-10(9)13/h2-3,6H,4-5,7H2,1H3,(H,15,17)(H,16,18). The molecular formula is C12H14BrFN2O3. The molecule has 0 bridgehead atoms. The third-order valence-corrected chi connectivity index (χ3v) is 2.87. The molecule has 0 aliphatic carbocycles. The molecule has 0 aliphatic rings. The summed E-state index contributed by atoms with van der Waals surface area (Å²) in [7, 11) is 1.53. The van der Waals surface area contributed by atoms with Crippen molar-refractivity contribution in [3.8, 4) is 0 Å². The summed E-state index contributed by atoms with van der Waals surface area (Å²) in [4.78, 5) is 23.1. The molecule has 0 unspecified atom stereocenters. The van der Waals surface area contributed by atoms with E-state index >= 15 is 0 Å². The van der Waals surface area contributed by atoms with Gasteiger partial charge in [0.25, 0.3) is 5.91 Å². The molecule has 0 saturated carbocycles. The summed E-state index contributed by atoms with van der Waals surface area (Å²) in [6, 6.07) is 3.71. The van der Waals surface area contributed by atoms with Crippen LogP contribution in [0.2, 0.25) is 0 Å². The summed E-state index contributed by atoms with van der Waals surface area (Å²) in [6.07, 6.45) is 0. The fourth-order valence-corrected chi connectivity index (χ4v) is 1.82. The first-order chi connectivity index (χ1) is 9.04. The fraction of sp³-hybridized carbons (Fsp3) is 0.333. The van der Waals surface area contributed by atoms with Gasteiger partial charge < -0.3 is 15.4 Å². The lowest BCUT2D eigenvalue weighted by atomic mass is 10.2. The van der Waals surface area contributed by atoms with Crippen molar-refractivity contribution in [2.45, 2.75) is 0 Å². The highest BCUT2D eigenvalue weighted by Crippen LogP contribution is 2.17. The molecule has 0 atom stereocenters. The Kier molecular flexibility index (Phi) is 6.44. The number of carbonyl (C=O) groups excluding carboxylic acids is 2. The van der Waals surface area contributed by atoms with Crippen LogP contribution in [0.15, 0.2) is 22.7 Å². The number of carbonyl (C=O) groups is 2. The smallest absolute Gasteiger partial charge is 0.252 e. The van der Waals surface area contributed by atoms with Crippen LogP contribution in [0, 0.1) is 5.82 Å². The van der Waals surface area contributed by atoms with Gasteiger partial charge in [-0.25, -0.2) is 4.39 Å². The Morgan fingerprint density at radius 3 is 2.74 bits per heavy atom. The maximum atomic E-state index is 12.9. The summed E-state index contributed by atoms with van der Waals surface area (Å²) < 4.78 is 18.0. The molecule has 0 saturated heterocycles. The van der Waals surface area contributed by atoms with Gasteiger partial charge in [-0.1, -0.05) is 0 Å². The van der Waals surface area contributed by atoms with Crippen molar-refractivity contribution < 1.29 is 18.7 Å². The highest BCUT2D eigenvalue weighted by molar-refractivity contribution is 9.10. The number of amides is 2. The molecular weight excluding hydrogens is 319 g/mol. The van der Waals surface area contributed by atoms with Crippen molar-refractivity contribution >= 4 is 27.7 Å². The lowest BCUT2D eigenvalue weighted by Gasteiger charge is -2.07. The summed E-state index contributed by atoms with van der Waals surface area (Å²) in [5, 5.41) is 5.01. The van der Waals surface area contributed by atoms with Gasteiger partial charge in [0.15, 0.2) is 0 Å². The average Bonchev–Trinajstić information content (AvgIpc) is 2.36. The van der Waals surface area contributed by atoms with Crippen molar-refractivity contribution in [1.82, 2.24) is 10.6 Å². The summed E-state index contributed by atoms with van der Waals surface area (Å²) in [5.74, 6) is -1.21. The van der Waals surface area contributed by atoms with E-state index in [1.165, 1.54) is 25.3 Å². The second-order valence-corrected chi connectivity index (χ2v) is 4.50. The number of halogens is 2. The highest BCUT2D eigenvalue weighted by Gasteiger charge is 2.11. The van der Waals surface area contributed by atoms with Gasteiger partial charge in [-0.15, -0.1) is 0 Å². The molecule has 0 fully saturated rings. The van der Waals surface area contributed by atoms with Gasteiger partial charge in [0.2, 0.25) is 5.91 Å². The van der Waals surface area contributed by atoms with E-state index in [1.807, 2.05) is 0 Å². The molecule has 7 heteroatoms. The van der Waals surface area contributed by atoms with Crippen LogP contribution in [-0.4, -0.2) is 38.6 Å². The minimum absolute atomic E-state index is 0.146. The molecule has 0 radical (unpaired) electrons. The number of ether oxygens (including phenoxy) is 1. The normalized spacial score (nSPS) is 10.1. The van der Waals surface area contributed by atoms with E-state index in [9.17, 15) is 14.0 Å². The predicted molar refractivity (Wildman–Crippen MR) is 71.3 cm³/mol. The Labute approximate surface area is 118 Å². The summed E-state index contributed by atoms with van der Waals surface area (Å²) in [5.41, 5.74) is 0.270. The van der Waals surface area contributed by atoms with E-state index < -0.39 is 11.7 Å². The van der Waals surface area contributed by atoms with Crippen molar-refractivity contribution in [3.63, 3.8) is 0 Å². The van der Waals surface area contributed by atoms with Gasteiger partial charge in [-0.2, -0.15) is 0 Å². The van der Waals surface area contributed by atoms with E-state index in [0.717, 1.165) is 0 Å². The maximum Gasteiger partial charge on any atom is 0.252 e. The SMILES string of the molecule is COCCNC(=O)CNC(=O)c1ccc(F)cc1Br. The monoisotopic (exact) mass is 332 g/mol. The van der Waals surface area contributed by atoms with Crippen molar-refractivity contribution in [2.24, 2.45) is 0 Å². The summed E-state index contributed by atoms with van der Waals surface area (Å²) in [6.45, 7) is 0.640. The Morgan fingerprint density at radius 1 is 1.37 bits per heavy atom. The number of hydrogen-bond acceptors (Lipinski definition) is 3. The van der Waals surface area contributed by atoms with Crippen LogP contribution in [-0.2, 0) is 9.53 Å². The topological polar surface area (TPSA) is 67.4 Å². The predicted octanol–water partition coefficient (Wildman–Crippen LogP) is 1.08. The van der Waals surface area contributed by atoms with Gasteiger partial charge in [-0.3, -0.25) is 9.59 Å². The molecule has 0 heterocycles. The molecule has 104 valence electrons. The second-order valence-electron chi connectivity index (χ2n) is 3.65. The first-order valence-electron chi connectivity index (χ1n) is 5.53. The van der Waals surface area contributed by atoms with Crippen LogP contribution < -0.4 is 10.6 Å². The van der Waals surface area contributed by atoms with Crippen LogP contribution in [0.25, 0.3) is 0 Å². The van der Waals surface area contributed by atoms with E-state index in [-0.39, 0.29) is 18.0 Å². The molecule has 0 aromatic heterocycles. The average molecular weight is 333 g/mol. The van der Waals surface area contributed by atoms with Gasteiger partial charge in [0, 0.05) is 18.1 Å². The van der Waals surface area contributed by atoms with Crippen LogP contribution in [0.3, 0.4) is 0 Å². The Morgan fingerprint density at radius 2 is 2.11 bits per heavy atom. The molecule has 5 nitrogen and oxygen atoms in total. The van der Waals surface area contributed by atoms with Gasteiger partial charge in [0.1, 0.15) is 5.82 Å². The molecule has 19 heavy (non-hydrogen) atoms. The minimum atomic E-state index is -0.450. The zero-order chi connectivity index (χ0) is 14.3. The third-order valence-electron chi connectivity index (χ3n) is 2.21. The fourth-order valence-electron chi connectivity index (χ4n) is 1.28. The zero-order valence-electron chi connectivity index (χ0n) is 10.3. The molecule has 1 rings (SSSR count). The van der Waals surface area contributed by atoms with Crippen molar-refractivity contribution in [1.29, 1.82) is 0 Å². The Bertz CT molecular complexity index is 468. The van der Waals surface area contributed by atoms with Crippen LogP contribution in [0.5, 0.6) is 0 Å². The van der Waals surface area contributed by atoms with Crippen LogP contribution in [0.1, 0.15) is 10.4 Å². The Balaban J connectivity index is 2.45. The molecule has 0 spiro atoms. The number of nitrogens with one attached hydrogen (secondary N) is 2. The number of methoxy groups -OCH3 is 1. The number of benzene rings is 1. The third kappa shape index (κ3) is 5.35. The van der Waals surface area contributed by atoms with Crippen LogP contribution >= 0.6 is 15.9 Å². The van der Waals surface area contributed by atoms with E-state index in [2.05, 4.69) is 26.6 Å². The quantitative estimate of drug-likeness (QED) is 0.766. The van der Waals surface area contributed by atoms with Gasteiger partial charge in [0.05, 0.1) is 18.7 Å². The second kappa shape index (κ2) is 7.85. The molecule has 2 amide bonds. The largest absolute Gasteiger partial charge is 0.383 e. The van der Waals surface area contributed by atoms with Gasteiger partial charge >= 0.3 is 0 Å². The number of hydrogen-bond donors (Lipinski definition) is 2. The lowest BCUT2D eigenvalue weighted by molar-refractivity contribution is -0.120. The van der Waals surface area contributed by atoms with Crippen LogP contribution in [0.4, 0.5) is 4.39 Å². The zero-order valence-corrected chi connectivity index (χ0v) is 11.9.